The second kappa shape index (κ2) is 5.66. The third-order valence-corrected chi connectivity index (χ3v) is 3.06. The van der Waals surface area contributed by atoms with Gasteiger partial charge in [-0.25, -0.2) is 9.78 Å². The topological polar surface area (TPSA) is 82.5 Å². The Morgan fingerprint density at radius 3 is 2.90 bits per heavy atom. The molecule has 7 nitrogen and oxygen atoms in total. The van der Waals surface area contributed by atoms with Gasteiger partial charge in [-0.15, -0.1) is 0 Å². The van der Waals surface area contributed by atoms with Crippen molar-refractivity contribution in [3.8, 4) is 5.75 Å². The molecular weight excluding hydrogens is 274 g/mol. The normalized spacial score (nSPS) is 17.4. The van der Waals surface area contributed by atoms with E-state index in [9.17, 15) is 9.59 Å². The first-order chi connectivity index (χ1) is 10.2. The van der Waals surface area contributed by atoms with E-state index in [-0.39, 0.29) is 0 Å². The molecule has 21 heavy (non-hydrogen) atoms. The lowest BCUT2D eigenvalue weighted by atomic mass is 10.1. The predicted molar refractivity (Wildman–Crippen MR) is 71.5 cm³/mol. The van der Waals surface area contributed by atoms with Crippen LogP contribution >= 0.6 is 0 Å². The van der Waals surface area contributed by atoms with Gasteiger partial charge < -0.3 is 14.0 Å². The molecule has 3 rings (SSSR count). The molecule has 2 amide bonds. The molecule has 0 radical (unpaired) electrons. The van der Waals surface area contributed by atoms with Crippen molar-refractivity contribution >= 4 is 12.0 Å². The van der Waals surface area contributed by atoms with Crippen LogP contribution in [-0.4, -0.2) is 28.2 Å². The largest absolute Gasteiger partial charge is 0.491 e. The van der Waals surface area contributed by atoms with Crippen molar-refractivity contribution < 1.29 is 19.1 Å². The van der Waals surface area contributed by atoms with E-state index in [1.807, 2.05) is 10.8 Å². The molecule has 2 aromatic rings. The number of imidazole rings is 1. The number of cyclic esters (lactones) is 1. The number of benzene rings is 1. The Kier molecular flexibility index (Phi) is 3.55. The fourth-order valence-electron chi connectivity index (χ4n) is 2.07. The summed E-state index contributed by atoms with van der Waals surface area (Å²) in [4.78, 5) is 26.7. The van der Waals surface area contributed by atoms with Crippen LogP contribution in [0.5, 0.6) is 5.75 Å². The molecule has 1 N–H and O–H groups in total. The minimum atomic E-state index is -0.957. The van der Waals surface area contributed by atoms with Crippen molar-refractivity contribution in [2.24, 2.45) is 0 Å². The van der Waals surface area contributed by atoms with Crippen molar-refractivity contribution in [2.75, 3.05) is 6.61 Å². The lowest BCUT2D eigenvalue weighted by Gasteiger charge is -2.14. The van der Waals surface area contributed by atoms with E-state index >= 15 is 0 Å². The van der Waals surface area contributed by atoms with Gasteiger partial charge in [0.1, 0.15) is 12.4 Å². The molecular formula is C14H13N3O4. The van der Waals surface area contributed by atoms with E-state index in [1.54, 1.807) is 36.8 Å². The number of nitrogens with one attached hydrogen (secondary N) is 1. The fourth-order valence-corrected chi connectivity index (χ4v) is 2.07. The van der Waals surface area contributed by atoms with E-state index in [4.69, 9.17) is 9.47 Å². The predicted octanol–water partition coefficient (Wildman–Crippen LogP) is 1.27. The zero-order valence-corrected chi connectivity index (χ0v) is 11.1. The summed E-state index contributed by atoms with van der Waals surface area (Å²) in [6, 6.07) is 7.00. The molecule has 1 saturated heterocycles. The van der Waals surface area contributed by atoms with E-state index in [1.165, 1.54) is 0 Å². The Morgan fingerprint density at radius 2 is 2.19 bits per heavy atom. The van der Waals surface area contributed by atoms with Gasteiger partial charge in [-0.2, -0.15) is 0 Å². The molecule has 0 bridgehead atoms. The lowest BCUT2D eigenvalue weighted by molar-refractivity contribution is -0.123. The maximum atomic E-state index is 11.7. The SMILES string of the molecule is O=C1NC(=O)C(c2ccccc2OCCn2ccnc2)O1. The van der Waals surface area contributed by atoms with E-state index in [2.05, 4.69) is 10.3 Å². The molecule has 0 spiro atoms. The molecule has 1 aromatic carbocycles. The molecule has 7 heteroatoms. The van der Waals surface area contributed by atoms with Gasteiger partial charge in [0, 0.05) is 18.0 Å². The average Bonchev–Trinajstić information content (AvgIpc) is 3.09. The summed E-state index contributed by atoms with van der Waals surface area (Å²) in [5.74, 6) is 0.0399. The number of aromatic nitrogens is 2. The maximum Gasteiger partial charge on any atom is 0.415 e. The highest BCUT2D eigenvalue weighted by atomic mass is 16.6. The number of ether oxygens (including phenoxy) is 2. The number of alkyl carbamates (subject to hydrolysis) is 1. The number of para-hydroxylation sites is 1. The fraction of sp³-hybridized carbons (Fsp3) is 0.214. The summed E-state index contributed by atoms with van der Waals surface area (Å²) in [6.07, 6.45) is 3.53. The standard InChI is InChI=1S/C14H13N3O4/c18-13-12(21-14(19)16-13)10-3-1-2-4-11(10)20-8-7-17-6-5-15-9-17/h1-6,9,12H,7-8H2,(H,16,18,19). The van der Waals surface area contributed by atoms with Crippen LogP contribution < -0.4 is 10.1 Å². The quantitative estimate of drug-likeness (QED) is 0.895. The zero-order chi connectivity index (χ0) is 14.7. The summed E-state index contributed by atoms with van der Waals surface area (Å²) in [5.41, 5.74) is 0.534. The molecule has 1 unspecified atom stereocenters. The minimum Gasteiger partial charge on any atom is -0.491 e. The van der Waals surface area contributed by atoms with E-state index in [0.717, 1.165) is 0 Å². The Balaban J connectivity index is 1.70. The number of carbonyl (C=O) groups excluding carboxylic acids is 2. The van der Waals surface area contributed by atoms with Gasteiger partial charge >= 0.3 is 6.09 Å². The van der Waals surface area contributed by atoms with Gasteiger partial charge in [0.25, 0.3) is 5.91 Å². The minimum absolute atomic E-state index is 0.412. The molecule has 1 aliphatic rings. The smallest absolute Gasteiger partial charge is 0.415 e. The first kappa shape index (κ1) is 13.2. The maximum absolute atomic E-state index is 11.7. The summed E-state index contributed by atoms with van der Waals surface area (Å²) in [7, 11) is 0. The second-order valence-electron chi connectivity index (χ2n) is 4.46. The number of rotatable bonds is 5. The van der Waals surface area contributed by atoms with Gasteiger partial charge in [0.2, 0.25) is 6.10 Å². The Morgan fingerprint density at radius 1 is 1.33 bits per heavy atom. The van der Waals surface area contributed by atoms with Gasteiger partial charge in [-0.05, 0) is 6.07 Å². The molecule has 1 aromatic heterocycles. The zero-order valence-electron chi connectivity index (χ0n) is 11.1. The van der Waals surface area contributed by atoms with Crippen LogP contribution in [0, 0.1) is 0 Å². The molecule has 1 fully saturated rings. The molecule has 108 valence electrons. The van der Waals surface area contributed by atoms with Crippen molar-refractivity contribution in [3.05, 3.63) is 48.5 Å². The van der Waals surface area contributed by atoms with Crippen molar-refractivity contribution in [1.29, 1.82) is 0 Å². The monoisotopic (exact) mass is 287 g/mol. The van der Waals surface area contributed by atoms with Crippen LogP contribution in [0.3, 0.4) is 0 Å². The first-order valence-corrected chi connectivity index (χ1v) is 6.43. The molecule has 1 atom stereocenters. The van der Waals surface area contributed by atoms with Crippen molar-refractivity contribution in [1.82, 2.24) is 14.9 Å². The van der Waals surface area contributed by atoms with Crippen LogP contribution in [0.25, 0.3) is 0 Å². The summed E-state index contributed by atoms with van der Waals surface area (Å²) < 4.78 is 12.5. The number of nitrogens with zero attached hydrogens (tertiary/aromatic N) is 2. The highest BCUT2D eigenvalue weighted by Gasteiger charge is 2.35. The van der Waals surface area contributed by atoms with Gasteiger partial charge in [-0.3, -0.25) is 10.1 Å². The lowest BCUT2D eigenvalue weighted by Crippen LogP contribution is -2.21. The van der Waals surface area contributed by atoms with E-state index < -0.39 is 18.1 Å². The number of imide groups is 1. The third-order valence-electron chi connectivity index (χ3n) is 3.06. The Bertz CT molecular complexity index is 654. The van der Waals surface area contributed by atoms with Crippen molar-refractivity contribution in [2.45, 2.75) is 12.6 Å². The van der Waals surface area contributed by atoms with Crippen LogP contribution in [0.4, 0.5) is 4.79 Å². The number of amides is 2. The highest BCUT2D eigenvalue weighted by molar-refractivity contribution is 6.00. The van der Waals surface area contributed by atoms with Gasteiger partial charge in [0.15, 0.2) is 0 Å². The Hall–Kier alpha value is -2.83. The van der Waals surface area contributed by atoms with Crippen LogP contribution in [-0.2, 0) is 16.1 Å². The summed E-state index contributed by atoms with van der Waals surface area (Å²) in [5, 5.41) is 2.10. The van der Waals surface area contributed by atoms with E-state index in [0.29, 0.717) is 24.5 Å². The second-order valence-corrected chi connectivity index (χ2v) is 4.46. The van der Waals surface area contributed by atoms with Crippen LogP contribution in [0.2, 0.25) is 0 Å². The Labute approximate surface area is 120 Å². The highest BCUT2D eigenvalue weighted by Crippen LogP contribution is 2.30. The molecule has 1 aliphatic heterocycles. The third kappa shape index (κ3) is 2.86. The van der Waals surface area contributed by atoms with Crippen molar-refractivity contribution in [3.63, 3.8) is 0 Å². The average molecular weight is 287 g/mol. The number of hydrogen-bond acceptors (Lipinski definition) is 5. The van der Waals surface area contributed by atoms with Gasteiger partial charge in [0.05, 0.1) is 12.9 Å². The molecule has 0 aliphatic carbocycles. The molecule has 0 saturated carbocycles. The summed E-state index contributed by atoms with van der Waals surface area (Å²) >= 11 is 0. The summed E-state index contributed by atoms with van der Waals surface area (Å²) in [6.45, 7) is 1.04. The number of hydrogen-bond donors (Lipinski definition) is 1. The molecule has 2 heterocycles. The first-order valence-electron chi connectivity index (χ1n) is 6.43. The number of carbonyl (C=O) groups is 2. The van der Waals surface area contributed by atoms with Gasteiger partial charge in [-0.1, -0.05) is 18.2 Å². The van der Waals surface area contributed by atoms with Crippen LogP contribution in [0.15, 0.2) is 43.0 Å². The van der Waals surface area contributed by atoms with Crippen LogP contribution in [0.1, 0.15) is 11.7 Å².